The third-order valence-corrected chi connectivity index (χ3v) is 3.30. The number of benzene rings is 1. The van der Waals surface area contributed by atoms with Gasteiger partial charge >= 0.3 is 0 Å². The van der Waals surface area contributed by atoms with E-state index in [0.29, 0.717) is 24.5 Å². The predicted octanol–water partition coefficient (Wildman–Crippen LogP) is 2.12. The topological polar surface area (TPSA) is 80.6 Å². The number of furan rings is 1. The van der Waals surface area contributed by atoms with Crippen LogP contribution in [0.2, 0.25) is 0 Å². The summed E-state index contributed by atoms with van der Waals surface area (Å²) in [6, 6.07) is 10.6. The number of ether oxygens (including phenoxy) is 1. The lowest BCUT2D eigenvalue weighted by atomic mass is 10.1. The average Bonchev–Trinajstić information content (AvgIpc) is 3.07. The van der Waals surface area contributed by atoms with Crippen LogP contribution in [0.15, 0.2) is 52.8 Å². The third kappa shape index (κ3) is 4.82. The van der Waals surface area contributed by atoms with E-state index in [1.807, 2.05) is 19.1 Å². The summed E-state index contributed by atoms with van der Waals surface area (Å²) in [4.78, 5) is 24.8. The average molecular weight is 328 g/mol. The lowest BCUT2D eigenvalue weighted by Gasteiger charge is -2.11. The molecular weight excluding hydrogens is 308 g/mol. The van der Waals surface area contributed by atoms with Gasteiger partial charge in [-0.15, -0.1) is 0 Å². The first kappa shape index (κ1) is 17.5. The van der Waals surface area contributed by atoms with Crippen molar-refractivity contribution in [1.29, 1.82) is 0 Å². The quantitative estimate of drug-likeness (QED) is 0.603. The van der Waals surface area contributed by atoms with Crippen LogP contribution < -0.4 is 10.6 Å². The Kier molecular flexibility index (Phi) is 6.33. The first-order valence-corrected chi connectivity index (χ1v) is 7.51. The summed E-state index contributed by atoms with van der Waals surface area (Å²) in [5.41, 5.74) is 1.44. The molecule has 6 nitrogen and oxygen atoms in total. The van der Waals surface area contributed by atoms with Gasteiger partial charge in [0.2, 0.25) is 0 Å². The Morgan fingerprint density at radius 1 is 1.21 bits per heavy atom. The molecule has 1 heterocycles. The molecule has 0 aliphatic carbocycles. The first-order chi connectivity index (χ1) is 11.6. The van der Waals surface area contributed by atoms with E-state index in [0.717, 1.165) is 5.56 Å². The zero-order valence-electron chi connectivity index (χ0n) is 13.7. The summed E-state index contributed by atoms with van der Waals surface area (Å²) >= 11 is 0. The van der Waals surface area contributed by atoms with E-state index in [4.69, 9.17) is 9.15 Å². The maximum Gasteiger partial charge on any atom is 0.268 e. The molecule has 0 aliphatic rings. The second-order valence-corrected chi connectivity index (χ2v) is 5.09. The molecule has 0 atom stereocenters. The summed E-state index contributed by atoms with van der Waals surface area (Å²) in [7, 11) is 1.55. The van der Waals surface area contributed by atoms with Gasteiger partial charge in [0.25, 0.3) is 11.8 Å². The molecule has 0 bridgehead atoms. The maximum absolute atomic E-state index is 12.5. The first-order valence-electron chi connectivity index (χ1n) is 7.51. The Balaban J connectivity index is 2.18. The Labute approximate surface area is 140 Å². The maximum atomic E-state index is 12.5. The summed E-state index contributed by atoms with van der Waals surface area (Å²) in [6.45, 7) is 2.56. The van der Waals surface area contributed by atoms with Crippen molar-refractivity contribution in [3.63, 3.8) is 0 Å². The normalized spacial score (nSPS) is 11.2. The summed E-state index contributed by atoms with van der Waals surface area (Å²) in [6.07, 6.45) is 2.98. The lowest BCUT2D eigenvalue weighted by Crippen LogP contribution is -2.36. The van der Waals surface area contributed by atoms with Gasteiger partial charge in [-0.2, -0.15) is 0 Å². The standard InChI is InChI=1S/C18H20N2O4/c1-13-6-3-4-8-15(13)17(21)20-16(12-14-7-5-10-24-14)18(22)19-9-11-23-2/h3-8,10,12H,9,11H2,1-2H3,(H,19,22)(H,20,21)/b16-12-. The van der Waals surface area contributed by atoms with Gasteiger partial charge in [-0.3, -0.25) is 9.59 Å². The summed E-state index contributed by atoms with van der Waals surface area (Å²) in [5.74, 6) is -0.296. The molecule has 2 N–H and O–H groups in total. The van der Waals surface area contributed by atoms with Crippen LogP contribution >= 0.6 is 0 Å². The summed E-state index contributed by atoms with van der Waals surface area (Å²) < 4.78 is 10.1. The molecule has 2 rings (SSSR count). The molecule has 126 valence electrons. The highest BCUT2D eigenvalue weighted by Gasteiger charge is 2.16. The van der Waals surface area contributed by atoms with Gasteiger partial charge < -0.3 is 19.8 Å². The molecule has 6 heteroatoms. The molecule has 1 aromatic heterocycles. The SMILES string of the molecule is COCCNC(=O)/C(=C/c1ccco1)NC(=O)c1ccccc1C. The molecule has 1 aromatic carbocycles. The summed E-state index contributed by atoms with van der Waals surface area (Å²) in [5, 5.41) is 5.33. The fourth-order valence-electron chi connectivity index (χ4n) is 2.05. The van der Waals surface area contributed by atoms with E-state index in [-0.39, 0.29) is 11.6 Å². The number of hydrogen-bond donors (Lipinski definition) is 2. The van der Waals surface area contributed by atoms with E-state index in [1.54, 1.807) is 31.4 Å². The smallest absolute Gasteiger partial charge is 0.268 e. The number of rotatable bonds is 7. The van der Waals surface area contributed by atoms with Gasteiger partial charge in [0.05, 0.1) is 12.9 Å². The number of carbonyl (C=O) groups is 2. The van der Waals surface area contributed by atoms with Crippen LogP contribution in [0.25, 0.3) is 6.08 Å². The highest BCUT2D eigenvalue weighted by Crippen LogP contribution is 2.10. The zero-order chi connectivity index (χ0) is 17.4. The Morgan fingerprint density at radius 2 is 2.00 bits per heavy atom. The molecule has 0 aliphatic heterocycles. The highest BCUT2D eigenvalue weighted by atomic mass is 16.5. The van der Waals surface area contributed by atoms with Crippen LogP contribution in [0.3, 0.4) is 0 Å². The number of aryl methyl sites for hydroxylation is 1. The fraction of sp³-hybridized carbons (Fsp3) is 0.222. The molecule has 24 heavy (non-hydrogen) atoms. The Hall–Kier alpha value is -2.86. The molecule has 0 spiro atoms. The number of carbonyl (C=O) groups excluding carboxylic acids is 2. The van der Waals surface area contributed by atoms with Crippen molar-refractivity contribution in [3.8, 4) is 0 Å². The van der Waals surface area contributed by atoms with E-state index in [9.17, 15) is 9.59 Å². The van der Waals surface area contributed by atoms with Crippen molar-refractivity contribution < 1.29 is 18.7 Å². The minimum Gasteiger partial charge on any atom is -0.465 e. The van der Waals surface area contributed by atoms with Crippen LogP contribution in [0.4, 0.5) is 0 Å². The number of amides is 2. The highest BCUT2D eigenvalue weighted by molar-refractivity contribution is 6.05. The van der Waals surface area contributed by atoms with Crippen LogP contribution in [-0.4, -0.2) is 32.1 Å². The van der Waals surface area contributed by atoms with Crippen molar-refractivity contribution in [2.75, 3.05) is 20.3 Å². The Bertz CT molecular complexity index is 720. The molecule has 2 aromatic rings. The van der Waals surface area contributed by atoms with E-state index in [1.165, 1.54) is 12.3 Å². The lowest BCUT2D eigenvalue weighted by molar-refractivity contribution is -0.117. The van der Waals surface area contributed by atoms with Gasteiger partial charge in [0, 0.05) is 25.3 Å². The van der Waals surface area contributed by atoms with Crippen LogP contribution in [0.5, 0.6) is 0 Å². The van der Waals surface area contributed by atoms with Crippen molar-refractivity contribution in [2.24, 2.45) is 0 Å². The monoisotopic (exact) mass is 328 g/mol. The van der Waals surface area contributed by atoms with Crippen LogP contribution in [-0.2, 0) is 9.53 Å². The van der Waals surface area contributed by atoms with Gasteiger partial charge in [-0.1, -0.05) is 18.2 Å². The Morgan fingerprint density at radius 3 is 2.67 bits per heavy atom. The van der Waals surface area contributed by atoms with E-state index in [2.05, 4.69) is 10.6 Å². The van der Waals surface area contributed by atoms with Crippen LogP contribution in [0, 0.1) is 6.92 Å². The van der Waals surface area contributed by atoms with Crippen molar-refractivity contribution >= 4 is 17.9 Å². The number of methoxy groups -OCH3 is 1. The molecule has 0 saturated carbocycles. The van der Waals surface area contributed by atoms with Gasteiger partial charge in [-0.05, 0) is 30.7 Å². The number of nitrogens with one attached hydrogen (secondary N) is 2. The molecule has 0 radical (unpaired) electrons. The minimum atomic E-state index is -0.412. The van der Waals surface area contributed by atoms with Crippen molar-refractivity contribution in [3.05, 3.63) is 65.2 Å². The third-order valence-electron chi connectivity index (χ3n) is 3.30. The van der Waals surface area contributed by atoms with Gasteiger partial charge in [0.1, 0.15) is 11.5 Å². The van der Waals surface area contributed by atoms with Gasteiger partial charge in [-0.25, -0.2) is 0 Å². The molecular formula is C18H20N2O4. The zero-order valence-corrected chi connectivity index (χ0v) is 13.7. The van der Waals surface area contributed by atoms with Crippen molar-refractivity contribution in [2.45, 2.75) is 6.92 Å². The van der Waals surface area contributed by atoms with Crippen LogP contribution in [0.1, 0.15) is 21.7 Å². The fourth-order valence-corrected chi connectivity index (χ4v) is 2.05. The minimum absolute atomic E-state index is 0.106. The predicted molar refractivity (Wildman–Crippen MR) is 90.2 cm³/mol. The van der Waals surface area contributed by atoms with Gasteiger partial charge in [0.15, 0.2) is 0 Å². The second-order valence-electron chi connectivity index (χ2n) is 5.09. The number of hydrogen-bond acceptors (Lipinski definition) is 4. The van der Waals surface area contributed by atoms with E-state index < -0.39 is 5.91 Å². The second kappa shape index (κ2) is 8.69. The molecule has 2 amide bonds. The molecule has 0 saturated heterocycles. The van der Waals surface area contributed by atoms with E-state index >= 15 is 0 Å². The molecule has 0 unspecified atom stereocenters. The van der Waals surface area contributed by atoms with Crippen molar-refractivity contribution in [1.82, 2.24) is 10.6 Å². The molecule has 0 fully saturated rings. The largest absolute Gasteiger partial charge is 0.465 e.